The third-order valence-electron chi connectivity index (χ3n) is 3.09. The lowest BCUT2D eigenvalue weighted by atomic mass is 10.0. The molecule has 3 nitrogen and oxygen atoms in total. The highest BCUT2D eigenvalue weighted by Crippen LogP contribution is 2.19. The molecule has 2 N–H and O–H groups in total. The molecule has 2 aromatic heterocycles. The molecule has 0 aromatic carbocycles. The van der Waals surface area contributed by atoms with Crippen molar-refractivity contribution in [3.05, 3.63) is 36.7 Å². The van der Waals surface area contributed by atoms with Crippen LogP contribution in [0, 0.1) is 0 Å². The summed E-state index contributed by atoms with van der Waals surface area (Å²) in [7, 11) is 0. The van der Waals surface area contributed by atoms with E-state index in [0.717, 1.165) is 35.1 Å². The van der Waals surface area contributed by atoms with E-state index in [1.165, 1.54) is 0 Å². The van der Waals surface area contributed by atoms with Gasteiger partial charge in [-0.25, -0.2) is 4.98 Å². The zero-order valence-electron chi connectivity index (χ0n) is 11.4. The van der Waals surface area contributed by atoms with Crippen molar-refractivity contribution in [2.45, 2.75) is 39.3 Å². The van der Waals surface area contributed by atoms with Crippen molar-refractivity contribution in [2.75, 3.05) is 0 Å². The average molecular weight is 243 g/mol. The monoisotopic (exact) mass is 243 g/mol. The SMILES string of the molecule is C=C(C)c1cnc2c(ccn2CCC(C)(C)N)c1. The second-order valence-electron chi connectivity index (χ2n) is 5.66. The van der Waals surface area contributed by atoms with Crippen LogP contribution in [0.15, 0.2) is 31.1 Å². The van der Waals surface area contributed by atoms with Crippen LogP contribution in [0.25, 0.3) is 16.6 Å². The molecule has 0 amide bonds. The van der Waals surface area contributed by atoms with Crippen molar-refractivity contribution >= 4 is 16.6 Å². The minimum absolute atomic E-state index is 0.145. The van der Waals surface area contributed by atoms with E-state index in [9.17, 15) is 0 Å². The number of hydrogen-bond acceptors (Lipinski definition) is 2. The van der Waals surface area contributed by atoms with Gasteiger partial charge in [0.1, 0.15) is 5.65 Å². The highest BCUT2D eigenvalue weighted by Gasteiger charge is 2.11. The molecule has 0 radical (unpaired) electrons. The van der Waals surface area contributed by atoms with Crippen molar-refractivity contribution in [2.24, 2.45) is 5.73 Å². The fourth-order valence-electron chi connectivity index (χ4n) is 1.90. The average Bonchev–Trinajstić information content (AvgIpc) is 2.67. The molecule has 0 saturated carbocycles. The molecular formula is C15H21N3. The number of fused-ring (bicyclic) bond motifs is 1. The van der Waals surface area contributed by atoms with E-state index >= 15 is 0 Å². The fourth-order valence-corrected chi connectivity index (χ4v) is 1.90. The summed E-state index contributed by atoms with van der Waals surface area (Å²) in [6.07, 6.45) is 4.89. The summed E-state index contributed by atoms with van der Waals surface area (Å²) in [5, 5.41) is 1.16. The first-order chi connectivity index (χ1) is 8.37. The molecule has 96 valence electrons. The van der Waals surface area contributed by atoms with Crippen LogP contribution < -0.4 is 5.73 Å². The molecule has 2 rings (SSSR count). The van der Waals surface area contributed by atoms with Gasteiger partial charge in [-0.3, -0.25) is 0 Å². The standard InChI is InChI=1S/C15H21N3/c1-11(2)13-9-12-5-7-18(14(12)17-10-13)8-6-15(3,4)16/h5,7,9-10H,1,6,8,16H2,2-4H3. The molecule has 0 saturated heterocycles. The van der Waals surface area contributed by atoms with E-state index in [0.29, 0.717) is 0 Å². The molecule has 18 heavy (non-hydrogen) atoms. The molecule has 0 fully saturated rings. The first-order valence-electron chi connectivity index (χ1n) is 6.26. The summed E-state index contributed by atoms with van der Waals surface area (Å²) < 4.78 is 2.16. The molecule has 2 heterocycles. The summed E-state index contributed by atoms with van der Waals surface area (Å²) in [6, 6.07) is 4.23. The minimum atomic E-state index is -0.145. The molecule has 0 spiro atoms. The Hall–Kier alpha value is -1.61. The second kappa shape index (κ2) is 4.58. The Kier molecular flexibility index (Phi) is 3.26. The van der Waals surface area contributed by atoms with Crippen LogP contribution >= 0.6 is 0 Å². The van der Waals surface area contributed by atoms with Gasteiger partial charge in [0.25, 0.3) is 0 Å². The van der Waals surface area contributed by atoms with Crippen molar-refractivity contribution in [1.29, 1.82) is 0 Å². The van der Waals surface area contributed by atoms with E-state index < -0.39 is 0 Å². The predicted molar refractivity (Wildman–Crippen MR) is 77.3 cm³/mol. The van der Waals surface area contributed by atoms with Crippen LogP contribution in [-0.2, 0) is 6.54 Å². The zero-order chi connectivity index (χ0) is 13.3. The maximum Gasteiger partial charge on any atom is 0.139 e. The lowest BCUT2D eigenvalue weighted by molar-refractivity contribution is 0.440. The van der Waals surface area contributed by atoms with Crippen molar-refractivity contribution in [3.8, 4) is 0 Å². The third kappa shape index (κ3) is 2.79. The van der Waals surface area contributed by atoms with E-state index in [4.69, 9.17) is 5.73 Å². The predicted octanol–water partition coefficient (Wildman–Crippen LogP) is 3.20. The number of aromatic nitrogens is 2. The Balaban J connectivity index is 2.29. The van der Waals surface area contributed by atoms with Gasteiger partial charge >= 0.3 is 0 Å². The molecule has 0 aliphatic rings. The summed E-state index contributed by atoms with van der Waals surface area (Å²) >= 11 is 0. The molecule has 0 bridgehead atoms. The van der Waals surface area contributed by atoms with Gasteiger partial charge in [0.05, 0.1) is 0 Å². The fraction of sp³-hybridized carbons (Fsp3) is 0.400. The number of allylic oxidation sites excluding steroid dienone is 1. The normalized spacial score (nSPS) is 12.0. The first kappa shape index (κ1) is 12.8. The quantitative estimate of drug-likeness (QED) is 0.896. The van der Waals surface area contributed by atoms with Gasteiger partial charge in [0.15, 0.2) is 0 Å². The largest absolute Gasteiger partial charge is 0.332 e. The molecule has 0 atom stereocenters. The van der Waals surface area contributed by atoms with Crippen LogP contribution in [-0.4, -0.2) is 15.1 Å². The highest BCUT2D eigenvalue weighted by molar-refractivity contribution is 5.80. The number of nitrogens with two attached hydrogens (primary N) is 1. The van der Waals surface area contributed by atoms with Crippen molar-refractivity contribution < 1.29 is 0 Å². The van der Waals surface area contributed by atoms with E-state index in [-0.39, 0.29) is 5.54 Å². The Bertz CT molecular complexity index is 573. The molecule has 2 aromatic rings. The number of rotatable bonds is 4. The molecular weight excluding hydrogens is 222 g/mol. The van der Waals surface area contributed by atoms with Crippen LogP contribution in [0.1, 0.15) is 32.8 Å². The summed E-state index contributed by atoms with van der Waals surface area (Å²) in [6.45, 7) is 10.9. The maximum absolute atomic E-state index is 6.01. The smallest absolute Gasteiger partial charge is 0.139 e. The van der Waals surface area contributed by atoms with E-state index in [1.54, 1.807) is 0 Å². The van der Waals surface area contributed by atoms with Crippen LogP contribution in [0.2, 0.25) is 0 Å². The van der Waals surface area contributed by atoms with E-state index in [2.05, 4.69) is 34.5 Å². The van der Waals surface area contributed by atoms with Gasteiger partial charge in [0, 0.05) is 29.9 Å². The van der Waals surface area contributed by atoms with Gasteiger partial charge in [0.2, 0.25) is 0 Å². The summed E-state index contributed by atoms with van der Waals surface area (Å²) in [4.78, 5) is 4.52. The van der Waals surface area contributed by atoms with Gasteiger partial charge in [-0.05, 0) is 50.5 Å². The van der Waals surface area contributed by atoms with E-state index in [1.807, 2.05) is 27.0 Å². The number of aryl methyl sites for hydroxylation is 1. The van der Waals surface area contributed by atoms with Crippen molar-refractivity contribution in [1.82, 2.24) is 9.55 Å². The topological polar surface area (TPSA) is 43.8 Å². The Morgan fingerprint density at radius 1 is 1.50 bits per heavy atom. The van der Waals surface area contributed by atoms with Crippen LogP contribution in [0.5, 0.6) is 0 Å². The minimum Gasteiger partial charge on any atom is -0.332 e. The second-order valence-corrected chi connectivity index (χ2v) is 5.66. The Labute approximate surface area is 108 Å². The molecule has 0 aliphatic heterocycles. The first-order valence-corrected chi connectivity index (χ1v) is 6.26. The van der Waals surface area contributed by atoms with Crippen LogP contribution in [0.4, 0.5) is 0 Å². The van der Waals surface area contributed by atoms with Gasteiger partial charge in [-0.2, -0.15) is 0 Å². The molecule has 0 aliphatic carbocycles. The Morgan fingerprint density at radius 2 is 2.22 bits per heavy atom. The van der Waals surface area contributed by atoms with Crippen molar-refractivity contribution in [3.63, 3.8) is 0 Å². The van der Waals surface area contributed by atoms with Gasteiger partial charge < -0.3 is 10.3 Å². The molecule has 0 unspecified atom stereocenters. The summed E-state index contributed by atoms with van der Waals surface area (Å²) in [5.74, 6) is 0. The van der Waals surface area contributed by atoms with Crippen LogP contribution in [0.3, 0.4) is 0 Å². The number of pyridine rings is 1. The lowest BCUT2D eigenvalue weighted by Crippen LogP contribution is -2.33. The summed E-state index contributed by atoms with van der Waals surface area (Å²) in [5.41, 5.74) is 9.03. The molecule has 3 heteroatoms. The number of nitrogens with zero attached hydrogens (tertiary/aromatic N) is 2. The maximum atomic E-state index is 6.01. The number of hydrogen-bond donors (Lipinski definition) is 1. The van der Waals surface area contributed by atoms with Gasteiger partial charge in [-0.15, -0.1) is 0 Å². The highest BCUT2D eigenvalue weighted by atomic mass is 15.0. The zero-order valence-corrected chi connectivity index (χ0v) is 11.4. The third-order valence-corrected chi connectivity index (χ3v) is 3.09. The lowest BCUT2D eigenvalue weighted by Gasteiger charge is -2.18. The van der Waals surface area contributed by atoms with Gasteiger partial charge in [-0.1, -0.05) is 6.58 Å². The Morgan fingerprint density at radius 3 is 2.83 bits per heavy atom.